The molecule has 0 aromatic heterocycles. The number of amides is 1. The second kappa shape index (κ2) is 7.36. The van der Waals surface area contributed by atoms with E-state index in [0.717, 1.165) is 43.4 Å². The number of nitrogens with zero attached hydrogens (tertiary/aromatic N) is 1. The lowest BCUT2D eigenvalue weighted by molar-refractivity contribution is 0.00635. The van der Waals surface area contributed by atoms with E-state index in [-0.39, 0.29) is 12.0 Å². The first-order valence-electron chi connectivity index (χ1n) is 9.98. The standard InChI is InChI=1S/C21H29NO3/c23-17-10-4-5-11-18(17)25-19-12-6-9-16-14-22(21(24)20(16)19)13-15-7-2-1-3-8-15/h6,9,12,15,17-18,23H,1-5,7-8,10-11,13-14H2. The molecule has 1 N–H and O–H groups in total. The summed E-state index contributed by atoms with van der Waals surface area (Å²) in [5.74, 6) is 1.43. The van der Waals surface area contributed by atoms with E-state index in [1.54, 1.807) is 0 Å². The molecule has 1 aliphatic heterocycles. The van der Waals surface area contributed by atoms with Crippen LogP contribution in [-0.2, 0) is 6.54 Å². The average Bonchev–Trinajstić information content (AvgIpc) is 2.95. The molecule has 2 fully saturated rings. The topological polar surface area (TPSA) is 49.8 Å². The Morgan fingerprint density at radius 1 is 1.04 bits per heavy atom. The third kappa shape index (κ3) is 3.55. The SMILES string of the molecule is O=C1c2c(cccc2OC2CCCCC2O)CN1CC1CCCCC1. The van der Waals surface area contributed by atoms with Gasteiger partial charge in [0, 0.05) is 13.1 Å². The van der Waals surface area contributed by atoms with Crippen molar-refractivity contribution in [2.75, 3.05) is 6.54 Å². The molecule has 3 aliphatic rings. The van der Waals surface area contributed by atoms with Crippen LogP contribution in [0, 0.1) is 5.92 Å². The van der Waals surface area contributed by atoms with Crippen LogP contribution in [0.4, 0.5) is 0 Å². The highest BCUT2D eigenvalue weighted by molar-refractivity contribution is 6.01. The van der Waals surface area contributed by atoms with Gasteiger partial charge in [0.05, 0.1) is 11.7 Å². The molecule has 4 heteroatoms. The molecule has 1 heterocycles. The first kappa shape index (κ1) is 16.9. The van der Waals surface area contributed by atoms with E-state index in [2.05, 4.69) is 0 Å². The van der Waals surface area contributed by atoms with Crippen LogP contribution in [0.5, 0.6) is 5.75 Å². The molecular formula is C21H29NO3. The summed E-state index contributed by atoms with van der Waals surface area (Å²) in [6.07, 6.45) is 9.63. The maximum absolute atomic E-state index is 13.0. The van der Waals surface area contributed by atoms with Crippen molar-refractivity contribution in [1.82, 2.24) is 4.90 Å². The zero-order valence-electron chi connectivity index (χ0n) is 15.0. The molecule has 2 aliphatic carbocycles. The molecule has 2 atom stereocenters. The van der Waals surface area contributed by atoms with Gasteiger partial charge in [0.25, 0.3) is 5.91 Å². The predicted molar refractivity (Wildman–Crippen MR) is 96.6 cm³/mol. The Labute approximate surface area is 150 Å². The van der Waals surface area contributed by atoms with Gasteiger partial charge >= 0.3 is 0 Å². The fourth-order valence-corrected chi connectivity index (χ4v) is 4.69. The highest BCUT2D eigenvalue weighted by Gasteiger charge is 2.34. The summed E-state index contributed by atoms with van der Waals surface area (Å²) in [5, 5.41) is 10.2. The minimum absolute atomic E-state index is 0.112. The largest absolute Gasteiger partial charge is 0.487 e. The van der Waals surface area contributed by atoms with Crippen LogP contribution in [0.15, 0.2) is 18.2 Å². The van der Waals surface area contributed by atoms with Gasteiger partial charge < -0.3 is 14.7 Å². The maximum atomic E-state index is 13.0. The Hall–Kier alpha value is -1.55. The van der Waals surface area contributed by atoms with Crippen LogP contribution in [0.2, 0.25) is 0 Å². The van der Waals surface area contributed by atoms with E-state index in [0.29, 0.717) is 18.2 Å². The van der Waals surface area contributed by atoms with Gasteiger partial charge in [-0.2, -0.15) is 0 Å². The van der Waals surface area contributed by atoms with E-state index < -0.39 is 6.10 Å². The number of hydrogen-bond donors (Lipinski definition) is 1. The molecule has 0 radical (unpaired) electrons. The van der Waals surface area contributed by atoms with E-state index in [9.17, 15) is 9.90 Å². The second-order valence-corrected chi connectivity index (χ2v) is 7.99. The van der Waals surface area contributed by atoms with Gasteiger partial charge in [-0.1, -0.05) is 37.8 Å². The van der Waals surface area contributed by atoms with E-state index in [4.69, 9.17) is 4.74 Å². The summed E-state index contributed by atoms with van der Waals surface area (Å²) in [4.78, 5) is 15.0. The van der Waals surface area contributed by atoms with Gasteiger partial charge in [-0.25, -0.2) is 0 Å². The molecule has 136 valence electrons. The summed E-state index contributed by atoms with van der Waals surface area (Å²) in [5.41, 5.74) is 1.81. The van der Waals surface area contributed by atoms with Gasteiger partial charge in [0.15, 0.2) is 0 Å². The fourth-order valence-electron chi connectivity index (χ4n) is 4.69. The van der Waals surface area contributed by atoms with Crippen LogP contribution >= 0.6 is 0 Å². The first-order chi connectivity index (χ1) is 12.2. The zero-order valence-corrected chi connectivity index (χ0v) is 15.0. The van der Waals surface area contributed by atoms with Gasteiger partial charge in [0.1, 0.15) is 11.9 Å². The van der Waals surface area contributed by atoms with E-state index in [1.807, 2.05) is 23.1 Å². The minimum Gasteiger partial charge on any atom is -0.487 e. The first-order valence-corrected chi connectivity index (χ1v) is 9.98. The lowest BCUT2D eigenvalue weighted by Gasteiger charge is -2.29. The molecule has 2 unspecified atom stereocenters. The molecule has 25 heavy (non-hydrogen) atoms. The molecule has 4 nitrogen and oxygen atoms in total. The number of benzene rings is 1. The number of fused-ring (bicyclic) bond motifs is 1. The Morgan fingerprint density at radius 2 is 1.80 bits per heavy atom. The van der Waals surface area contributed by atoms with Crippen molar-refractivity contribution in [3.63, 3.8) is 0 Å². The van der Waals surface area contributed by atoms with Crippen molar-refractivity contribution in [2.24, 2.45) is 5.92 Å². The van der Waals surface area contributed by atoms with E-state index >= 15 is 0 Å². The fraction of sp³-hybridized carbons (Fsp3) is 0.667. The van der Waals surface area contributed by atoms with Crippen molar-refractivity contribution in [2.45, 2.75) is 76.5 Å². The normalized spacial score (nSPS) is 27.4. The smallest absolute Gasteiger partial charge is 0.258 e. The van der Waals surface area contributed by atoms with Crippen molar-refractivity contribution in [1.29, 1.82) is 0 Å². The number of aliphatic hydroxyl groups excluding tert-OH is 1. The summed E-state index contributed by atoms with van der Waals surface area (Å²) < 4.78 is 6.12. The predicted octanol–water partition coefficient (Wildman–Crippen LogP) is 3.91. The Bertz CT molecular complexity index is 624. The summed E-state index contributed by atoms with van der Waals surface area (Å²) in [7, 11) is 0. The molecule has 2 saturated carbocycles. The quantitative estimate of drug-likeness (QED) is 0.902. The number of hydrogen-bond acceptors (Lipinski definition) is 3. The van der Waals surface area contributed by atoms with Crippen molar-refractivity contribution >= 4 is 5.91 Å². The Kier molecular flexibility index (Phi) is 4.98. The second-order valence-electron chi connectivity index (χ2n) is 7.99. The third-order valence-corrected chi connectivity index (χ3v) is 6.12. The van der Waals surface area contributed by atoms with Crippen LogP contribution in [0.25, 0.3) is 0 Å². The monoisotopic (exact) mass is 343 g/mol. The lowest BCUT2D eigenvalue weighted by atomic mass is 9.89. The number of carbonyl (C=O) groups excluding carboxylic acids is 1. The molecule has 1 aromatic rings. The average molecular weight is 343 g/mol. The lowest BCUT2D eigenvalue weighted by Crippen LogP contribution is -2.35. The van der Waals surface area contributed by atoms with Crippen LogP contribution in [-0.4, -0.2) is 34.7 Å². The van der Waals surface area contributed by atoms with Crippen LogP contribution in [0.1, 0.15) is 73.7 Å². The molecule has 1 aromatic carbocycles. The van der Waals surface area contributed by atoms with Gasteiger partial charge in [0.2, 0.25) is 0 Å². The van der Waals surface area contributed by atoms with Gasteiger partial charge in [-0.05, 0) is 49.7 Å². The third-order valence-electron chi connectivity index (χ3n) is 6.12. The highest BCUT2D eigenvalue weighted by Crippen LogP contribution is 2.35. The summed E-state index contributed by atoms with van der Waals surface area (Å²) in [6, 6.07) is 5.90. The number of ether oxygens (including phenoxy) is 1. The number of carbonyl (C=O) groups is 1. The van der Waals surface area contributed by atoms with Crippen LogP contribution in [0.3, 0.4) is 0 Å². The minimum atomic E-state index is -0.417. The van der Waals surface area contributed by atoms with E-state index in [1.165, 1.54) is 32.1 Å². The highest BCUT2D eigenvalue weighted by atomic mass is 16.5. The van der Waals surface area contributed by atoms with Crippen LogP contribution < -0.4 is 4.74 Å². The molecular weight excluding hydrogens is 314 g/mol. The number of rotatable bonds is 4. The molecule has 4 rings (SSSR count). The Balaban J connectivity index is 1.48. The molecule has 0 bridgehead atoms. The van der Waals surface area contributed by atoms with Crippen molar-refractivity contribution in [3.8, 4) is 5.75 Å². The molecule has 1 amide bonds. The summed E-state index contributed by atoms with van der Waals surface area (Å²) >= 11 is 0. The maximum Gasteiger partial charge on any atom is 0.258 e. The van der Waals surface area contributed by atoms with Gasteiger partial charge in [-0.15, -0.1) is 0 Å². The number of aliphatic hydroxyl groups is 1. The van der Waals surface area contributed by atoms with Gasteiger partial charge in [-0.3, -0.25) is 4.79 Å². The van der Waals surface area contributed by atoms with Crippen molar-refractivity contribution in [3.05, 3.63) is 29.3 Å². The summed E-state index contributed by atoms with van der Waals surface area (Å²) in [6.45, 7) is 1.58. The zero-order chi connectivity index (χ0) is 17.2. The molecule has 0 saturated heterocycles. The molecule has 0 spiro atoms. The van der Waals surface area contributed by atoms with Crippen molar-refractivity contribution < 1.29 is 14.6 Å². The Morgan fingerprint density at radius 3 is 2.60 bits per heavy atom.